The summed E-state index contributed by atoms with van der Waals surface area (Å²) in [5, 5.41) is 13.2. The van der Waals surface area contributed by atoms with Gasteiger partial charge in [0.1, 0.15) is 12.4 Å². The number of aliphatic hydroxyl groups excluding tert-OH is 1. The number of hydrogen-bond acceptors (Lipinski definition) is 3. The van der Waals surface area contributed by atoms with E-state index in [1.807, 2.05) is 32.0 Å². The molecule has 0 aliphatic heterocycles. The van der Waals surface area contributed by atoms with E-state index in [4.69, 9.17) is 16.3 Å². The van der Waals surface area contributed by atoms with Gasteiger partial charge >= 0.3 is 0 Å². The van der Waals surface area contributed by atoms with Gasteiger partial charge in [-0.15, -0.1) is 0 Å². The van der Waals surface area contributed by atoms with Gasteiger partial charge in [0.2, 0.25) is 0 Å². The highest BCUT2D eigenvalue weighted by molar-refractivity contribution is 6.31. The highest BCUT2D eigenvalue weighted by Crippen LogP contribution is 2.20. The summed E-state index contributed by atoms with van der Waals surface area (Å²) in [6, 6.07) is 5.61. The molecule has 0 aliphatic carbocycles. The third kappa shape index (κ3) is 5.39. The number of nitrogens with one attached hydrogen (secondary N) is 1. The molecule has 4 heteroatoms. The van der Waals surface area contributed by atoms with Crippen molar-refractivity contribution < 1.29 is 9.84 Å². The van der Waals surface area contributed by atoms with Crippen LogP contribution >= 0.6 is 11.6 Å². The van der Waals surface area contributed by atoms with Gasteiger partial charge in [0, 0.05) is 18.1 Å². The number of halogens is 1. The maximum Gasteiger partial charge on any atom is 0.119 e. The van der Waals surface area contributed by atoms with Crippen LogP contribution in [0.3, 0.4) is 0 Å². The number of ether oxygens (including phenoxy) is 1. The van der Waals surface area contributed by atoms with Crippen molar-refractivity contribution in [1.82, 2.24) is 5.32 Å². The summed E-state index contributed by atoms with van der Waals surface area (Å²) in [7, 11) is 0. The van der Waals surface area contributed by atoms with E-state index in [-0.39, 0.29) is 6.10 Å². The lowest BCUT2D eigenvalue weighted by atomic mass is 10.2. The zero-order valence-corrected chi connectivity index (χ0v) is 11.1. The fourth-order valence-corrected chi connectivity index (χ4v) is 1.48. The van der Waals surface area contributed by atoms with E-state index in [1.54, 1.807) is 0 Å². The molecule has 0 bridgehead atoms. The van der Waals surface area contributed by atoms with Gasteiger partial charge in [-0.1, -0.05) is 18.5 Å². The summed E-state index contributed by atoms with van der Waals surface area (Å²) in [6.07, 6.45) is 0.498. The summed E-state index contributed by atoms with van der Waals surface area (Å²) in [4.78, 5) is 0. The van der Waals surface area contributed by atoms with Crippen molar-refractivity contribution in [3.63, 3.8) is 0 Å². The van der Waals surface area contributed by atoms with Crippen molar-refractivity contribution in [2.75, 3.05) is 19.7 Å². The Morgan fingerprint density at radius 3 is 2.88 bits per heavy atom. The van der Waals surface area contributed by atoms with Crippen molar-refractivity contribution in [3.05, 3.63) is 28.8 Å². The molecule has 1 unspecified atom stereocenters. The summed E-state index contributed by atoms with van der Waals surface area (Å²) >= 11 is 5.92. The van der Waals surface area contributed by atoms with Crippen molar-refractivity contribution in [2.24, 2.45) is 0 Å². The highest BCUT2D eigenvalue weighted by Gasteiger charge is 2.00. The van der Waals surface area contributed by atoms with Crippen LogP contribution in [0.5, 0.6) is 5.75 Å². The van der Waals surface area contributed by atoms with Crippen LogP contribution in [0.2, 0.25) is 5.02 Å². The lowest BCUT2D eigenvalue weighted by Gasteiger charge is -2.11. The van der Waals surface area contributed by atoms with E-state index in [1.165, 1.54) is 0 Å². The Kier molecular flexibility index (Phi) is 6.34. The van der Waals surface area contributed by atoms with E-state index in [0.29, 0.717) is 13.2 Å². The second-order valence-electron chi connectivity index (χ2n) is 4.03. The van der Waals surface area contributed by atoms with E-state index in [0.717, 1.165) is 29.3 Å². The third-order valence-corrected chi connectivity index (χ3v) is 2.95. The van der Waals surface area contributed by atoms with Gasteiger partial charge in [0.15, 0.2) is 0 Å². The molecule has 1 aromatic rings. The van der Waals surface area contributed by atoms with E-state index < -0.39 is 0 Å². The predicted molar refractivity (Wildman–Crippen MR) is 70.9 cm³/mol. The van der Waals surface area contributed by atoms with Gasteiger partial charge < -0.3 is 15.2 Å². The van der Waals surface area contributed by atoms with Crippen LogP contribution in [0.15, 0.2) is 18.2 Å². The normalized spacial score (nSPS) is 12.5. The Morgan fingerprint density at radius 1 is 1.47 bits per heavy atom. The van der Waals surface area contributed by atoms with Crippen LogP contribution in [0, 0.1) is 6.92 Å². The second-order valence-corrected chi connectivity index (χ2v) is 4.43. The Morgan fingerprint density at radius 2 is 2.24 bits per heavy atom. The maximum atomic E-state index is 9.32. The lowest BCUT2D eigenvalue weighted by molar-refractivity contribution is 0.165. The van der Waals surface area contributed by atoms with E-state index in [2.05, 4.69) is 5.32 Å². The lowest BCUT2D eigenvalue weighted by Crippen LogP contribution is -2.29. The van der Waals surface area contributed by atoms with Crippen LogP contribution in [-0.2, 0) is 0 Å². The molecule has 1 rings (SSSR count). The van der Waals surface area contributed by atoms with Gasteiger partial charge in [-0.25, -0.2) is 0 Å². The monoisotopic (exact) mass is 257 g/mol. The molecule has 96 valence electrons. The highest BCUT2D eigenvalue weighted by atomic mass is 35.5. The molecule has 0 saturated carbocycles. The Labute approximate surface area is 108 Å². The Hall–Kier alpha value is -0.770. The Balaban J connectivity index is 2.20. The molecular formula is C13H20ClNO2. The molecule has 2 N–H and O–H groups in total. The van der Waals surface area contributed by atoms with E-state index >= 15 is 0 Å². The quantitative estimate of drug-likeness (QED) is 0.737. The SMILES string of the molecule is CCC(O)CNCCOc1ccc(Cl)c(C)c1. The van der Waals surface area contributed by atoms with Crippen molar-refractivity contribution in [2.45, 2.75) is 26.4 Å². The van der Waals surface area contributed by atoms with Crippen LogP contribution in [0.25, 0.3) is 0 Å². The molecule has 0 spiro atoms. The molecule has 3 nitrogen and oxygen atoms in total. The first-order valence-corrected chi connectivity index (χ1v) is 6.29. The smallest absolute Gasteiger partial charge is 0.119 e. The zero-order valence-electron chi connectivity index (χ0n) is 10.4. The number of benzene rings is 1. The van der Waals surface area contributed by atoms with Crippen molar-refractivity contribution in [3.8, 4) is 5.75 Å². The summed E-state index contributed by atoms with van der Waals surface area (Å²) < 4.78 is 5.55. The van der Waals surface area contributed by atoms with E-state index in [9.17, 15) is 5.11 Å². The van der Waals surface area contributed by atoms with Crippen molar-refractivity contribution >= 4 is 11.6 Å². The van der Waals surface area contributed by atoms with Crippen LogP contribution in [-0.4, -0.2) is 30.9 Å². The number of aliphatic hydroxyl groups is 1. The molecule has 0 heterocycles. The summed E-state index contributed by atoms with van der Waals surface area (Å²) in [5.41, 5.74) is 1.01. The van der Waals surface area contributed by atoms with Crippen LogP contribution in [0.4, 0.5) is 0 Å². The fourth-order valence-electron chi connectivity index (χ4n) is 1.36. The zero-order chi connectivity index (χ0) is 12.7. The minimum atomic E-state index is -0.271. The molecule has 0 amide bonds. The largest absolute Gasteiger partial charge is 0.492 e. The average Bonchev–Trinajstić information content (AvgIpc) is 2.33. The minimum Gasteiger partial charge on any atom is -0.492 e. The summed E-state index contributed by atoms with van der Waals surface area (Å²) in [5.74, 6) is 0.824. The molecule has 0 aromatic heterocycles. The number of rotatable bonds is 7. The first kappa shape index (κ1) is 14.3. The van der Waals surface area contributed by atoms with Crippen molar-refractivity contribution in [1.29, 1.82) is 0 Å². The van der Waals surface area contributed by atoms with Gasteiger partial charge in [0.05, 0.1) is 6.10 Å². The molecule has 0 radical (unpaired) electrons. The molecular weight excluding hydrogens is 238 g/mol. The minimum absolute atomic E-state index is 0.271. The first-order valence-electron chi connectivity index (χ1n) is 5.91. The fraction of sp³-hybridized carbons (Fsp3) is 0.538. The first-order chi connectivity index (χ1) is 8.13. The maximum absolute atomic E-state index is 9.32. The van der Waals surface area contributed by atoms with Crippen LogP contribution < -0.4 is 10.1 Å². The summed E-state index contributed by atoms with van der Waals surface area (Å²) in [6.45, 7) is 5.82. The molecule has 1 aromatic carbocycles. The molecule has 17 heavy (non-hydrogen) atoms. The third-order valence-electron chi connectivity index (χ3n) is 2.53. The second kappa shape index (κ2) is 7.54. The molecule has 0 fully saturated rings. The van der Waals surface area contributed by atoms with Crippen LogP contribution in [0.1, 0.15) is 18.9 Å². The molecule has 0 aliphatic rings. The molecule has 1 atom stereocenters. The van der Waals surface area contributed by atoms with Gasteiger partial charge in [-0.2, -0.15) is 0 Å². The predicted octanol–water partition coefficient (Wildman–Crippen LogP) is 2.39. The van der Waals surface area contributed by atoms with Gasteiger partial charge in [-0.05, 0) is 37.1 Å². The number of hydrogen-bond donors (Lipinski definition) is 2. The van der Waals surface area contributed by atoms with Gasteiger partial charge in [0.25, 0.3) is 0 Å². The average molecular weight is 258 g/mol. The molecule has 0 saturated heterocycles. The van der Waals surface area contributed by atoms with Gasteiger partial charge in [-0.3, -0.25) is 0 Å². The number of aryl methyl sites for hydroxylation is 1. The topological polar surface area (TPSA) is 41.5 Å². The standard InChI is InChI=1S/C13H20ClNO2/c1-3-11(16)9-15-6-7-17-12-4-5-13(14)10(2)8-12/h4-5,8,11,15-16H,3,6-7,9H2,1-2H3. The Bertz CT molecular complexity index is 344.